The molecule has 2 aromatic heterocycles. The fourth-order valence-electron chi connectivity index (χ4n) is 1.99. The molecule has 0 radical (unpaired) electrons. The van der Waals surface area contributed by atoms with Crippen LogP contribution < -0.4 is 5.48 Å². The Bertz CT molecular complexity index is 788. The van der Waals surface area contributed by atoms with Crippen LogP contribution in [0.25, 0.3) is 10.7 Å². The summed E-state index contributed by atoms with van der Waals surface area (Å²) in [7, 11) is 1.89. The largest absolute Gasteiger partial charge is 0.304 e. The summed E-state index contributed by atoms with van der Waals surface area (Å²) in [5, 5.41) is 11.0. The first-order chi connectivity index (χ1) is 11.7. The van der Waals surface area contributed by atoms with Crippen LogP contribution in [0.4, 0.5) is 0 Å². The SMILES string of the molecule is Cn1c(SCC(=O)NOCc2ccccc2)nnc1-c1cccs1. The van der Waals surface area contributed by atoms with Gasteiger partial charge in [-0.1, -0.05) is 48.2 Å². The maximum Gasteiger partial charge on any atom is 0.254 e. The van der Waals surface area contributed by atoms with Crippen molar-refractivity contribution < 1.29 is 9.63 Å². The van der Waals surface area contributed by atoms with Gasteiger partial charge in [-0.25, -0.2) is 5.48 Å². The second-order valence-electron chi connectivity index (χ2n) is 4.93. The summed E-state index contributed by atoms with van der Waals surface area (Å²) in [6, 6.07) is 13.6. The van der Waals surface area contributed by atoms with Gasteiger partial charge in [-0.2, -0.15) is 0 Å². The molecule has 0 unspecified atom stereocenters. The molecule has 1 N–H and O–H groups in total. The van der Waals surface area contributed by atoms with Crippen molar-refractivity contribution in [3.05, 3.63) is 53.4 Å². The van der Waals surface area contributed by atoms with Crippen LogP contribution in [0.1, 0.15) is 5.56 Å². The molecule has 3 aromatic rings. The van der Waals surface area contributed by atoms with Gasteiger partial charge in [0.1, 0.15) is 0 Å². The minimum absolute atomic E-state index is 0.211. The molecule has 2 heterocycles. The number of carbonyl (C=O) groups is 1. The predicted molar refractivity (Wildman–Crippen MR) is 94.4 cm³/mol. The summed E-state index contributed by atoms with van der Waals surface area (Å²) < 4.78 is 1.88. The van der Waals surface area contributed by atoms with Crippen LogP contribution in [0.15, 0.2) is 53.0 Å². The van der Waals surface area contributed by atoms with E-state index in [0.717, 1.165) is 16.3 Å². The topological polar surface area (TPSA) is 69.0 Å². The van der Waals surface area contributed by atoms with E-state index in [4.69, 9.17) is 4.84 Å². The molecule has 0 fully saturated rings. The Labute approximate surface area is 147 Å². The van der Waals surface area contributed by atoms with E-state index >= 15 is 0 Å². The van der Waals surface area contributed by atoms with Crippen molar-refractivity contribution in [3.63, 3.8) is 0 Å². The third-order valence-corrected chi connectivity index (χ3v) is 5.06. The van der Waals surface area contributed by atoms with Gasteiger partial charge in [-0.15, -0.1) is 21.5 Å². The van der Waals surface area contributed by atoms with Crippen LogP contribution in [-0.4, -0.2) is 26.4 Å². The number of carbonyl (C=O) groups excluding carboxylic acids is 1. The van der Waals surface area contributed by atoms with Crippen LogP contribution in [0.2, 0.25) is 0 Å². The third kappa shape index (κ3) is 4.22. The van der Waals surface area contributed by atoms with Crippen molar-refractivity contribution in [2.45, 2.75) is 11.8 Å². The number of benzene rings is 1. The van der Waals surface area contributed by atoms with Crippen molar-refractivity contribution in [2.24, 2.45) is 7.05 Å². The Morgan fingerprint density at radius 3 is 2.83 bits per heavy atom. The Morgan fingerprint density at radius 2 is 2.08 bits per heavy atom. The summed E-state index contributed by atoms with van der Waals surface area (Å²) in [6.45, 7) is 0.337. The quantitative estimate of drug-likeness (QED) is 0.518. The molecular weight excluding hydrogens is 344 g/mol. The van der Waals surface area contributed by atoms with Gasteiger partial charge in [-0.05, 0) is 17.0 Å². The zero-order valence-corrected chi connectivity index (χ0v) is 14.6. The normalized spacial score (nSPS) is 10.7. The summed E-state index contributed by atoms with van der Waals surface area (Å²) in [6.07, 6.45) is 0. The molecule has 0 spiro atoms. The highest BCUT2D eigenvalue weighted by molar-refractivity contribution is 7.99. The van der Waals surface area contributed by atoms with Crippen molar-refractivity contribution in [1.82, 2.24) is 20.2 Å². The molecular formula is C16H16N4O2S2. The number of thiophene rings is 1. The summed E-state index contributed by atoms with van der Waals surface area (Å²) in [5.74, 6) is 0.801. The minimum atomic E-state index is -0.211. The van der Waals surface area contributed by atoms with E-state index < -0.39 is 0 Å². The molecule has 0 bridgehead atoms. The number of aromatic nitrogens is 3. The second-order valence-corrected chi connectivity index (χ2v) is 6.82. The van der Waals surface area contributed by atoms with Crippen molar-refractivity contribution >= 4 is 29.0 Å². The average Bonchev–Trinajstić information content (AvgIpc) is 3.24. The monoisotopic (exact) mass is 360 g/mol. The molecule has 0 aliphatic heterocycles. The van der Waals surface area contributed by atoms with Gasteiger partial charge in [0, 0.05) is 7.05 Å². The van der Waals surface area contributed by atoms with Crippen LogP contribution in [0, 0.1) is 0 Å². The van der Waals surface area contributed by atoms with E-state index in [-0.39, 0.29) is 11.7 Å². The number of hydrogen-bond acceptors (Lipinski definition) is 6. The van der Waals surface area contributed by atoms with Crippen molar-refractivity contribution in [2.75, 3.05) is 5.75 Å². The number of amides is 1. The van der Waals surface area contributed by atoms with Crippen molar-refractivity contribution in [1.29, 1.82) is 0 Å². The summed E-state index contributed by atoms with van der Waals surface area (Å²) in [5.41, 5.74) is 3.44. The smallest absolute Gasteiger partial charge is 0.254 e. The molecule has 3 rings (SSSR count). The molecule has 1 amide bonds. The zero-order chi connectivity index (χ0) is 16.8. The first kappa shape index (κ1) is 16.7. The Balaban J connectivity index is 1.46. The lowest BCUT2D eigenvalue weighted by molar-refractivity contribution is -0.131. The summed E-state index contributed by atoms with van der Waals surface area (Å²) >= 11 is 2.93. The average molecular weight is 360 g/mol. The first-order valence-electron chi connectivity index (χ1n) is 7.24. The lowest BCUT2D eigenvalue weighted by Gasteiger charge is -2.06. The molecule has 8 heteroatoms. The molecule has 124 valence electrons. The molecule has 6 nitrogen and oxygen atoms in total. The number of rotatable bonds is 7. The standard InChI is InChI=1S/C16H16N4O2S2/c1-20-15(13-8-5-9-23-13)17-18-16(20)24-11-14(21)19-22-10-12-6-3-2-4-7-12/h2-9H,10-11H2,1H3,(H,19,21). The highest BCUT2D eigenvalue weighted by atomic mass is 32.2. The van der Waals surface area contributed by atoms with E-state index in [1.807, 2.05) is 59.5 Å². The van der Waals surface area contributed by atoms with Gasteiger partial charge >= 0.3 is 0 Å². The number of thioether (sulfide) groups is 1. The number of hydrogen-bond donors (Lipinski definition) is 1. The predicted octanol–water partition coefficient (Wildman–Crippen LogP) is 2.88. The van der Waals surface area contributed by atoms with Gasteiger partial charge < -0.3 is 4.57 Å². The van der Waals surface area contributed by atoms with Crippen LogP contribution in [-0.2, 0) is 23.3 Å². The number of nitrogens with one attached hydrogen (secondary N) is 1. The number of nitrogens with zero attached hydrogens (tertiary/aromatic N) is 3. The van der Waals surface area contributed by atoms with E-state index in [1.165, 1.54) is 11.8 Å². The minimum Gasteiger partial charge on any atom is -0.304 e. The Hall–Kier alpha value is -2.16. The third-order valence-electron chi connectivity index (χ3n) is 3.18. The van der Waals surface area contributed by atoms with Gasteiger partial charge in [0.15, 0.2) is 11.0 Å². The molecule has 0 saturated carbocycles. The maximum atomic E-state index is 11.8. The maximum absolute atomic E-state index is 11.8. The van der Waals surface area contributed by atoms with Gasteiger partial charge in [-0.3, -0.25) is 9.63 Å². The molecule has 24 heavy (non-hydrogen) atoms. The highest BCUT2D eigenvalue weighted by Crippen LogP contribution is 2.25. The number of hydroxylamine groups is 1. The van der Waals surface area contributed by atoms with Crippen LogP contribution in [0.5, 0.6) is 0 Å². The van der Waals surface area contributed by atoms with Crippen LogP contribution in [0.3, 0.4) is 0 Å². The fourth-order valence-corrected chi connectivity index (χ4v) is 3.44. The first-order valence-corrected chi connectivity index (χ1v) is 9.11. The molecule has 0 aliphatic carbocycles. The molecule has 0 aliphatic rings. The highest BCUT2D eigenvalue weighted by Gasteiger charge is 2.13. The van der Waals surface area contributed by atoms with Gasteiger partial charge in [0.25, 0.3) is 5.91 Å². The Morgan fingerprint density at radius 1 is 1.25 bits per heavy atom. The zero-order valence-electron chi connectivity index (χ0n) is 13.0. The van der Waals surface area contributed by atoms with Gasteiger partial charge in [0.2, 0.25) is 0 Å². The van der Waals surface area contributed by atoms with E-state index in [2.05, 4.69) is 15.7 Å². The second kappa shape index (κ2) is 8.09. The molecule has 0 saturated heterocycles. The fraction of sp³-hybridized carbons (Fsp3) is 0.188. The lowest BCUT2D eigenvalue weighted by Crippen LogP contribution is -2.25. The van der Waals surface area contributed by atoms with E-state index in [1.54, 1.807) is 11.3 Å². The molecule has 0 atom stereocenters. The Kier molecular flexibility index (Phi) is 5.63. The van der Waals surface area contributed by atoms with Crippen LogP contribution >= 0.6 is 23.1 Å². The lowest BCUT2D eigenvalue weighted by atomic mass is 10.2. The van der Waals surface area contributed by atoms with E-state index in [0.29, 0.717) is 11.8 Å². The van der Waals surface area contributed by atoms with E-state index in [9.17, 15) is 4.79 Å². The summed E-state index contributed by atoms with van der Waals surface area (Å²) in [4.78, 5) is 18.1. The molecule has 1 aromatic carbocycles. The van der Waals surface area contributed by atoms with Crippen molar-refractivity contribution in [3.8, 4) is 10.7 Å². The van der Waals surface area contributed by atoms with Gasteiger partial charge in [0.05, 0.1) is 17.2 Å².